The van der Waals surface area contributed by atoms with E-state index in [0.717, 1.165) is 10.0 Å². The van der Waals surface area contributed by atoms with Crippen LogP contribution in [0.5, 0.6) is 0 Å². The molecule has 5 heteroatoms. The van der Waals surface area contributed by atoms with E-state index in [1.54, 1.807) is 20.8 Å². The molecule has 0 saturated heterocycles. The number of anilines is 1. The first-order valence-electron chi connectivity index (χ1n) is 6.04. The van der Waals surface area contributed by atoms with Crippen LogP contribution in [-0.4, -0.2) is 18.4 Å². The van der Waals surface area contributed by atoms with Gasteiger partial charge in [0.15, 0.2) is 0 Å². The minimum Gasteiger partial charge on any atom is -0.347 e. The molecule has 1 aromatic rings. The van der Waals surface area contributed by atoms with Crippen molar-refractivity contribution in [2.24, 2.45) is 5.41 Å². The highest BCUT2D eigenvalue weighted by Crippen LogP contribution is 2.23. The number of nitrogens with one attached hydrogen (secondary N) is 2. The summed E-state index contributed by atoms with van der Waals surface area (Å²) in [4.78, 5) is 23.4. The molecule has 0 radical (unpaired) electrons. The van der Waals surface area contributed by atoms with Crippen molar-refractivity contribution in [2.45, 2.75) is 27.7 Å². The van der Waals surface area contributed by atoms with E-state index < -0.39 is 5.41 Å². The van der Waals surface area contributed by atoms with Gasteiger partial charge in [-0.3, -0.25) is 9.59 Å². The minimum absolute atomic E-state index is 0.0313. The van der Waals surface area contributed by atoms with E-state index >= 15 is 0 Å². The van der Waals surface area contributed by atoms with Crippen molar-refractivity contribution < 1.29 is 9.59 Å². The molecule has 0 aliphatic rings. The van der Waals surface area contributed by atoms with Crippen molar-refractivity contribution in [3.8, 4) is 0 Å². The fourth-order valence-electron chi connectivity index (χ4n) is 1.34. The first kappa shape index (κ1) is 15.7. The Labute approximate surface area is 122 Å². The summed E-state index contributed by atoms with van der Waals surface area (Å²) in [6.07, 6.45) is 0. The highest BCUT2D eigenvalue weighted by atomic mass is 79.9. The lowest BCUT2D eigenvalue weighted by Gasteiger charge is -2.17. The third-order valence-corrected chi connectivity index (χ3v) is 3.15. The first-order valence-corrected chi connectivity index (χ1v) is 6.84. The van der Waals surface area contributed by atoms with E-state index in [2.05, 4.69) is 26.6 Å². The molecule has 0 unspecified atom stereocenters. The van der Waals surface area contributed by atoms with Crippen LogP contribution in [-0.2, 0) is 9.59 Å². The minimum atomic E-state index is -0.495. The van der Waals surface area contributed by atoms with Gasteiger partial charge in [-0.1, -0.05) is 26.8 Å². The van der Waals surface area contributed by atoms with Crippen LogP contribution >= 0.6 is 15.9 Å². The summed E-state index contributed by atoms with van der Waals surface area (Å²) in [5, 5.41) is 5.35. The number of aryl methyl sites for hydroxylation is 1. The van der Waals surface area contributed by atoms with E-state index in [-0.39, 0.29) is 18.4 Å². The van der Waals surface area contributed by atoms with Gasteiger partial charge in [-0.05, 0) is 40.5 Å². The molecule has 0 aliphatic heterocycles. The molecule has 2 N–H and O–H groups in total. The number of hydrogen-bond acceptors (Lipinski definition) is 2. The van der Waals surface area contributed by atoms with Crippen molar-refractivity contribution >= 4 is 33.4 Å². The fraction of sp³-hybridized carbons (Fsp3) is 0.429. The maximum Gasteiger partial charge on any atom is 0.243 e. The lowest BCUT2D eigenvalue weighted by Crippen LogP contribution is -2.39. The maximum atomic E-state index is 11.7. The predicted molar refractivity (Wildman–Crippen MR) is 80.0 cm³/mol. The van der Waals surface area contributed by atoms with E-state index in [4.69, 9.17) is 0 Å². The van der Waals surface area contributed by atoms with Crippen LogP contribution in [0.15, 0.2) is 22.7 Å². The van der Waals surface area contributed by atoms with Crippen LogP contribution in [0.25, 0.3) is 0 Å². The summed E-state index contributed by atoms with van der Waals surface area (Å²) >= 11 is 3.39. The molecule has 104 valence electrons. The van der Waals surface area contributed by atoms with Crippen molar-refractivity contribution in [1.29, 1.82) is 0 Å². The molecule has 0 atom stereocenters. The molecule has 4 nitrogen and oxygen atoms in total. The van der Waals surface area contributed by atoms with Crippen LogP contribution < -0.4 is 10.6 Å². The second-order valence-corrected chi connectivity index (χ2v) is 6.32. The third-order valence-electron chi connectivity index (χ3n) is 2.49. The molecule has 0 spiro atoms. The quantitative estimate of drug-likeness (QED) is 0.897. The number of amides is 2. The molecule has 1 rings (SSSR count). The van der Waals surface area contributed by atoms with Gasteiger partial charge in [0, 0.05) is 9.89 Å². The Morgan fingerprint density at radius 2 is 1.89 bits per heavy atom. The zero-order valence-electron chi connectivity index (χ0n) is 11.6. The Bertz CT molecular complexity index is 493. The topological polar surface area (TPSA) is 58.2 Å². The zero-order chi connectivity index (χ0) is 14.6. The van der Waals surface area contributed by atoms with Gasteiger partial charge in [-0.15, -0.1) is 0 Å². The lowest BCUT2D eigenvalue weighted by atomic mass is 9.96. The lowest BCUT2D eigenvalue weighted by molar-refractivity contribution is -0.130. The maximum absolute atomic E-state index is 11.7. The average molecular weight is 327 g/mol. The van der Waals surface area contributed by atoms with Crippen LogP contribution in [0.3, 0.4) is 0 Å². The molecule has 1 aromatic carbocycles. The SMILES string of the molecule is Cc1ccc(NC(=O)CNC(=O)C(C)(C)C)c(Br)c1. The van der Waals surface area contributed by atoms with Crippen molar-refractivity contribution in [1.82, 2.24) is 5.32 Å². The second-order valence-electron chi connectivity index (χ2n) is 5.46. The molecular weight excluding hydrogens is 308 g/mol. The van der Waals surface area contributed by atoms with E-state index in [1.165, 1.54) is 0 Å². The normalized spacial score (nSPS) is 11.0. The number of halogens is 1. The first-order chi connectivity index (χ1) is 8.70. The number of benzene rings is 1. The fourth-order valence-corrected chi connectivity index (χ4v) is 1.93. The number of carbonyl (C=O) groups is 2. The highest BCUT2D eigenvalue weighted by molar-refractivity contribution is 9.10. The Kier molecular flexibility index (Phi) is 5.11. The van der Waals surface area contributed by atoms with Gasteiger partial charge in [-0.25, -0.2) is 0 Å². The summed E-state index contributed by atoms with van der Waals surface area (Å²) in [5.41, 5.74) is 1.30. The summed E-state index contributed by atoms with van der Waals surface area (Å²) in [6, 6.07) is 5.65. The Morgan fingerprint density at radius 1 is 1.26 bits per heavy atom. The van der Waals surface area contributed by atoms with Crippen LogP contribution in [0.4, 0.5) is 5.69 Å². The third kappa shape index (κ3) is 5.03. The number of rotatable bonds is 3. The standard InChI is InChI=1S/C14H19BrN2O2/c1-9-5-6-11(10(15)7-9)17-12(18)8-16-13(19)14(2,3)4/h5-7H,8H2,1-4H3,(H,16,19)(H,17,18). The molecule has 0 heterocycles. The predicted octanol–water partition coefficient (Wildman–Crippen LogP) is 2.86. The summed E-state index contributed by atoms with van der Waals surface area (Å²) in [7, 11) is 0. The molecule has 0 bridgehead atoms. The smallest absolute Gasteiger partial charge is 0.243 e. The van der Waals surface area contributed by atoms with Crippen LogP contribution in [0.1, 0.15) is 26.3 Å². The Balaban J connectivity index is 2.54. The van der Waals surface area contributed by atoms with Gasteiger partial charge in [0.25, 0.3) is 0 Å². The molecule has 19 heavy (non-hydrogen) atoms. The van der Waals surface area contributed by atoms with E-state index in [0.29, 0.717) is 5.69 Å². The van der Waals surface area contributed by atoms with Gasteiger partial charge in [0.05, 0.1) is 12.2 Å². The molecule has 0 aromatic heterocycles. The molecule has 0 aliphatic carbocycles. The second kappa shape index (κ2) is 6.19. The Hall–Kier alpha value is -1.36. The van der Waals surface area contributed by atoms with Gasteiger partial charge < -0.3 is 10.6 Å². The van der Waals surface area contributed by atoms with Gasteiger partial charge >= 0.3 is 0 Å². The van der Waals surface area contributed by atoms with Crippen molar-refractivity contribution in [3.05, 3.63) is 28.2 Å². The summed E-state index contributed by atoms with van der Waals surface area (Å²) in [5.74, 6) is -0.396. The summed E-state index contributed by atoms with van der Waals surface area (Å²) < 4.78 is 0.822. The van der Waals surface area contributed by atoms with E-state index in [9.17, 15) is 9.59 Å². The molecular formula is C14H19BrN2O2. The van der Waals surface area contributed by atoms with Gasteiger partial charge in [0.1, 0.15) is 0 Å². The molecule has 0 fully saturated rings. The number of carbonyl (C=O) groups excluding carboxylic acids is 2. The van der Waals surface area contributed by atoms with E-state index in [1.807, 2.05) is 25.1 Å². The molecule has 0 saturated carbocycles. The van der Waals surface area contributed by atoms with Gasteiger partial charge in [-0.2, -0.15) is 0 Å². The van der Waals surface area contributed by atoms with Crippen molar-refractivity contribution in [2.75, 3.05) is 11.9 Å². The average Bonchev–Trinajstić information content (AvgIpc) is 2.28. The van der Waals surface area contributed by atoms with Crippen LogP contribution in [0.2, 0.25) is 0 Å². The van der Waals surface area contributed by atoms with Crippen LogP contribution in [0, 0.1) is 12.3 Å². The largest absolute Gasteiger partial charge is 0.347 e. The van der Waals surface area contributed by atoms with Gasteiger partial charge in [0.2, 0.25) is 11.8 Å². The monoisotopic (exact) mass is 326 g/mol. The number of hydrogen-bond donors (Lipinski definition) is 2. The zero-order valence-corrected chi connectivity index (χ0v) is 13.2. The summed E-state index contributed by atoms with van der Waals surface area (Å²) in [6.45, 7) is 7.35. The van der Waals surface area contributed by atoms with Crippen molar-refractivity contribution in [3.63, 3.8) is 0 Å². The highest BCUT2D eigenvalue weighted by Gasteiger charge is 2.21. The molecule has 2 amide bonds. The Morgan fingerprint density at radius 3 is 2.42 bits per heavy atom.